The van der Waals surface area contributed by atoms with Gasteiger partial charge in [0.1, 0.15) is 6.04 Å². The van der Waals surface area contributed by atoms with Crippen LogP contribution in [0.4, 0.5) is 13.2 Å². The Morgan fingerprint density at radius 1 is 1.08 bits per heavy atom. The molecule has 0 aromatic rings. The predicted octanol–water partition coefficient (Wildman–Crippen LogP) is 0.392. The summed E-state index contributed by atoms with van der Waals surface area (Å²) >= 11 is 0. The van der Waals surface area contributed by atoms with Gasteiger partial charge in [0.25, 0.3) is 0 Å². The van der Waals surface area contributed by atoms with E-state index in [0.717, 1.165) is 0 Å². The van der Waals surface area contributed by atoms with Crippen LogP contribution in [0.5, 0.6) is 0 Å². The van der Waals surface area contributed by atoms with E-state index in [-0.39, 0.29) is 13.2 Å². The average molecular weight is 376 g/mol. The number of carboxylic acid groups (broad SMARTS) is 2. The molecule has 0 aliphatic rings. The zero-order valence-electron chi connectivity index (χ0n) is 13.0. The van der Waals surface area contributed by atoms with Crippen molar-refractivity contribution in [2.75, 3.05) is 46.2 Å². The van der Waals surface area contributed by atoms with E-state index in [0.29, 0.717) is 33.0 Å². The summed E-state index contributed by atoms with van der Waals surface area (Å²) in [4.78, 5) is 21.8. The molecule has 0 fully saturated rings. The third-order valence-electron chi connectivity index (χ3n) is 2.00. The Morgan fingerprint density at radius 2 is 1.52 bits per heavy atom. The van der Waals surface area contributed by atoms with Gasteiger partial charge in [-0.2, -0.15) is 13.2 Å². The Bertz CT molecular complexity index is 430. The van der Waals surface area contributed by atoms with Crippen molar-refractivity contribution in [3.8, 4) is 0 Å². The first-order chi connectivity index (χ1) is 11.6. The van der Waals surface area contributed by atoms with Gasteiger partial charge >= 0.3 is 18.1 Å². The van der Waals surface area contributed by atoms with E-state index in [1.165, 1.54) is 0 Å². The minimum Gasteiger partial charge on any atom is -0.480 e. The molecule has 4 N–H and O–H groups in total. The molecule has 146 valence electrons. The molecule has 0 rings (SSSR count). The molecule has 0 amide bonds. The number of hydrogen-bond acceptors (Lipinski definition) is 7. The highest BCUT2D eigenvalue weighted by Crippen LogP contribution is 2.13. The van der Waals surface area contributed by atoms with E-state index in [4.69, 9.17) is 40.5 Å². The molecule has 25 heavy (non-hydrogen) atoms. The third-order valence-corrected chi connectivity index (χ3v) is 2.00. The normalized spacial score (nSPS) is 11.7. The lowest BCUT2D eigenvalue weighted by molar-refractivity contribution is -0.192. The Hall–Kier alpha value is -2.12. The molecule has 14 heteroatoms. The monoisotopic (exact) mass is 376 g/mol. The predicted molar refractivity (Wildman–Crippen MR) is 75.8 cm³/mol. The number of azide groups is 1. The highest BCUT2D eigenvalue weighted by molar-refractivity contribution is 5.73. The summed E-state index contributed by atoms with van der Waals surface area (Å²) < 4.78 is 47.0. The smallest absolute Gasteiger partial charge is 0.480 e. The fourth-order valence-corrected chi connectivity index (χ4v) is 0.872. The quantitative estimate of drug-likeness (QED) is 0.189. The van der Waals surface area contributed by atoms with Gasteiger partial charge in [-0.05, 0) is 5.53 Å². The third kappa shape index (κ3) is 19.8. The van der Waals surface area contributed by atoms with Gasteiger partial charge in [0.05, 0.1) is 39.6 Å². The van der Waals surface area contributed by atoms with Gasteiger partial charge in [0.15, 0.2) is 0 Å². The largest absolute Gasteiger partial charge is 0.490 e. The summed E-state index contributed by atoms with van der Waals surface area (Å²) in [5.41, 5.74) is 13.2. The van der Waals surface area contributed by atoms with Gasteiger partial charge in [0, 0.05) is 11.5 Å². The number of rotatable bonds is 12. The standard InChI is InChI=1S/C9H18N4O5.C2HF3O2/c10-8(9(14)15)7-18-6-5-17-4-3-16-2-1-12-13-11;3-2(4,5)1(6)7/h8H,1-7,10H2,(H,14,15);(H,6,7)/t8-;/m0./s1. The molecule has 0 aliphatic carbocycles. The minimum atomic E-state index is -5.08. The number of nitrogens with zero attached hydrogens (tertiary/aromatic N) is 3. The van der Waals surface area contributed by atoms with Gasteiger partial charge in [-0.1, -0.05) is 5.11 Å². The maximum Gasteiger partial charge on any atom is 0.490 e. The van der Waals surface area contributed by atoms with Crippen LogP contribution in [0.2, 0.25) is 0 Å². The molecular formula is C11H19F3N4O7. The lowest BCUT2D eigenvalue weighted by Gasteiger charge is -2.08. The first-order valence-electron chi connectivity index (χ1n) is 6.65. The van der Waals surface area contributed by atoms with Crippen molar-refractivity contribution < 1.29 is 47.2 Å². The van der Waals surface area contributed by atoms with Crippen LogP contribution in [-0.4, -0.2) is 80.6 Å². The van der Waals surface area contributed by atoms with Crippen molar-refractivity contribution >= 4 is 11.9 Å². The van der Waals surface area contributed by atoms with Crippen molar-refractivity contribution in [3.05, 3.63) is 10.4 Å². The minimum absolute atomic E-state index is 0.0403. The van der Waals surface area contributed by atoms with E-state index in [1.807, 2.05) is 0 Å². The van der Waals surface area contributed by atoms with Gasteiger partial charge in [-0.3, -0.25) is 4.79 Å². The number of carbonyl (C=O) groups is 2. The number of aliphatic carboxylic acids is 2. The molecule has 0 unspecified atom stereocenters. The van der Waals surface area contributed by atoms with Crippen LogP contribution >= 0.6 is 0 Å². The zero-order valence-corrected chi connectivity index (χ0v) is 13.0. The second kappa shape index (κ2) is 15.4. The highest BCUT2D eigenvalue weighted by atomic mass is 19.4. The van der Waals surface area contributed by atoms with Crippen molar-refractivity contribution in [2.45, 2.75) is 12.2 Å². The molecule has 0 radical (unpaired) electrons. The summed E-state index contributed by atoms with van der Waals surface area (Å²) in [5, 5.41) is 18.9. The molecule has 0 spiro atoms. The summed E-state index contributed by atoms with van der Waals surface area (Å²) in [6, 6.07) is -1.01. The SMILES string of the molecule is O=C(O)C(F)(F)F.[N-]=[N+]=NCCOCCOCCOC[C@H](N)C(=O)O. The maximum absolute atomic E-state index is 10.6. The Balaban J connectivity index is 0. The first-order valence-corrected chi connectivity index (χ1v) is 6.65. The zero-order chi connectivity index (χ0) is 19.7. The number of carboxylic acids is 2. The maximum atomic E-state index is 10.6. The molecule has 1 atom stereocenters. The number of nitrogens with two attached hydrogens (primary N) is 1. The van der Waals surface area contributed by atoms with Crippen molar-refractivity contribution in [2.24, 2.45) is 10.8 Å². The van der Waals surface area contributed by atoms with Crippen molar-refractivity contribution in [1.82, 2.24) is 0 Å². The second-order valence-corrected chi connectivity index (χ2v) is 4.00. The van der Waals surface area contributed by atoms with Gasteiger partial charge < -0.3 is 30.2 Å². The molecular weight excluding hydrogens is 357 g/mol. The molecule has 0 aliphatic heterocycles. The Morgan fingerprint density at radius 3 is 1.92 bits per heavy atom. The number of halogens is 3. The average Bonchev–Trinajstić information content (AvgIpc) is 2.52. The van der Waals surface area contributed by atoms with E-state index in [9.17, 15) is 18.0 Å². The summed E-state index contributed by atoms with van der Waals surface area (Å²) in [5.74, 6) is -3.85. The Labute approximate surface area is 140 Å². The Kier molecular flexibility index (Phi) is 15.5. The fourth-order valence-electron chi connectivity index (χ4n) is 0.872. The number of alkyl halides is 3. The molecule has 11 nitrogen and oxygen atoms in total. The lowest BCUT2D eigenvalue weighted by Crippen LogP contribution is -2.35. The summed E-state index contributed by atoms with van der Waals surface area (Å²) in [6.07, 6.45) is -5.08. The fraction of sp³-hybridized carbons (Fsp3) is 0.818. The van der Waals surface area contributed by atoms with Crippen LogP contribution < -0.4 is 5.73 Å². The molecule has 0 saturated heterocycles. The van der Waals surface area contributed by atoms with Crippen LogP contribution in [0.25, 0.3) is 10.4 Å². The van der Waals surface area contributed by atoms with E-state index in [1.54, 1.807) is 0 Å². The van der Waals surface area contributed by atoms with Crippen molar-refractivity contribution in [3.63, 3.8) is 0 Å². The van der Waals surface area contributed by atoms with Gasteiger partial charge in [-0.25, -0.2) is 4.79 Å². The molecule has 0 aromatic carbocycles. The van der Waals surface area contributed by atoms with Crippen LogP contribution in [0.1, 0.15) is 0 Å². The van der Waals surface area contributed by atoms with E-state index >= 15 is 0 Å². The summed E-state index contributed by atoms with van der Waals surface area (Å²) in [7, 11) is 0. The van der Waals surface area contributed by atoms with Gasteiger partial charge in [-0.15, -0.1) is 0 Å². The van der Waals surface area contributed by atoms with Gasteiger partial charge in [0.2, 0.25) is 0 Å². The van der Waals surface area contributed by atoms with E-state index < -0.39 is 24.2 Å². The summed E-state index contributed by atoms with van der Waals surface area (Å²) in [6.45, 7) is 2.03. The molecule has 0 aromatic heterocycles. The number of hydrogen-bond donors (Lipinski definition) is 3. The van der Waals surface area contributed by atoms with E-state index in [2.05, 4.69) is 10.0 Å². The highest BCUT2D eigenvalue weighted by Gasteiger charge is 2.38. The van der Waals surface area contributed by atoms with Crippen molar-refractivity contribution in [1.29, 1.82) is 0 Å². The van der Waals surface area contributed by atoms with Crippen LogP contribution in [-0.2, 0) is 23.8 Å². The topological polar surface area (TPSA) is 177 Å². The van der Waals surface area contributed by atoms with Crippen LogP contribution in [0.3, 0.4) is 0 Å². The molecule has 0 bridgehead atoms. The van der Waals surface area contributed by atoms with Crippen LogP contribution in [0, 0.1) is 0 Å². The molecule has 0 heterocycles. The second-order valence-electron chi connectivity index (χ2n) is 4.00. The first kappa shape index (κ1) is 25.1. The number of ether oxygens (including phenoxy) is 3. The van der Waals surface area contributed by atoms with Crippen LogP contribution in [0.15, 0.2) is 5.11 Å². The lowest BCUT2D eigenvalue weighted by atomic mass is 10.3. The molecule has 0 saturated carbocycles.